The second-order valence-electron chi connectivity index (χ2n) is 8.25. The van der Waals surface area contributed by atoms with Crippen LogP contribution in [0.3, 0.4) is 0 Å². The minimum absolute atomic E-state index is 0.0365. The minimum Gasteiger partial charge on any atom is -0.481 e. The van der Waals surface area contributed by atoms with Crippen molar-refractivity contribution in [3.63, 3.8) is 0 Å². The summed E-state index contributed by atoms with van der Waals surface area (Å²) in [6.45, 7) is 11.1. The molecule has 10 nitrogen and oxygen atoms in total. The van der Waals surface area contributed by atoms with Crippen LogP contribution in [-0.2, 0) is 9.59 Å². The lowest BCUT2D eigenvalue weighted by atomic mass is 9.97. The van der Waals surface area contributed by atoms with E-state index in [0.717, 1.165) is 0 Å². The summed E-state index contributed by atoms with van der Waals surface area (Å²) < 4.78 is 16.7. The van der Waals surface area contributed by atoms with Gasteiger partial charge in [0.1, 0.15) is 11.5 Å². The molecule has 2 aromatic rings. The van der Waals surface area contributed by atoms with Gasteiger partial charge in [-0.2, -0.15) is 0 Å². The van der Waals surface area contributed by atoms with E-state index in [2.05, 4.69) is 4.98 Å². The van der Waals surface area contributed by atoms with Crippen LogP contribution in [-0.4, -0.2) is 58.5 Å². The first-order chi connectivity index (χ1) is 16.5. The number of rotatable bonds is 8. The van der Waals surface area contributed by atoms with Crippen molar-refractivity contribution in [2.24, 2.45) is 5.41 Å². The summed E-state index contributed by atoms with van der Waals surface area (Å²) in [6, 6.07) is 3.11. The Labute approximate surface area is 210 Å². The van der Waals surface area contributed by atoms with Crippen LogP contribution >= 0.6 is 11.6 Å². The number of anilines is 1. The molecule has 1 aromatic heterocycles. The fourth-order valence-electron chi connectivity index (χ4n) is 2.61. The average Bonchev–Trinajstić information content (AvgIpc) is 3.27. The summed E-state index contributed by atoms with van der Waals surface area (Å²) >= 11 is 6.29. The maximum absolute atomic E-state index is 12.0. The van der Waals surface area contributed by atoms with Gasteiger partial charge in [0.05, 0.1) is 36.5 Å². The summed E-state index contributed by atoms with van der Waals surface area (Å²) in [5.41, 5.74) is 0.114. The Balaban J connectivity index is 0.000000587. The van der Waals surface area contributed by atoms with Crippen LogP contribution in [0.25, 0.3) is 0 Å². The maximum atomic E-state index is 12.0. The predicted molar refractivity (Wildman–Crippen MR) is 131 cm³/mol. The smallest absolute Gasteiger partial charge is 0.305 e. The van der Waals surface area contributed by atoms with E-state index in [4.69, 9.17) is 40.8 Å². The van der Waals surface area contributed by atoms with Crippen molar-refractivity contribution in [2.75, 3.05) is 31.3 Å². The van der Waals surface area contributed by atoms with E-state index in [1.807, 2.05) is 13.8 Å². The number of carboxylic acids is 1. The summed E-state index contributed by atoms with van der Waals surface area (Å²) in [5.74, 6) is 0.523. The Bertz CT molecular complexity index is 970. The highest BCUT2D eigenvalue weighted by Crippen LogP contribution is 2.41. The van der Waals surface area contributed by atoms with Gasteiger partial charge in [0.2, 0.25) is 0 Å². The normalized spacial score (nSPS) is 13.4. The van der Waals surface area contributed by atoms with Gasteiger partial charge in [-0.3, -0.25) is 9.59 Å². The quantitative estimate of drug-likeness (QED) is 0.476. The SMILES string of the molecule is CC.CC(C)(CO)CO.Cc1ncc(C(C)Oc2cc3c(cc2Cl)N(CCC(=O)O)C(=O)CO3)o1. The molecular weight excluding hydrogens is 480 g/mol. The molecule has 0 saturated heterocycles. The van der Waals surface area contributed by atoms with Crippen LogP contribution in [0.1, 0.15) is 58.8 Å². The fraction of sp³-hybridized carbons (Fsp3) is 0.542. The van der Waals surface area contributed by atoms with Gasteiger partial charge in [0, 0.05) is 24.9 Å². The standard InChI is InChI=1S/C17H17ClN2O6.C5H12O2.C2H6/c1-9(15-7-19-10(2)26-15)25-13-6-14-12(5-11(13)18)20(4-3-17(22)23)16(21)8-24-14;1-5(2,3-6)4-7;1-2/h5-7,9H,3-4,8H2,1-2H3,(H,22,23);6-7H,3-4H2,1-2H3;1-2H3. The number of aliphatic hydroxyl groups is 2. The largest absolute Gasteiger partial charge is 0.481 e. The Hall–Kier alpha value is -2.82. The van der Waals surface area contributed by atoms with E-state index in [9.17, 15) is 9.59 Å². The molecule has 0 fully saturated rings. The van der Waals surface area contributed by atoms with Crippen molar-refractivity contribution in [3.05, 3.63) is 35.0 Å². The van der Waals surface area contributed by atoms with Crippen molar-refractivity contribution in [3.8, 4) is 11.5 Å². The molecule has 0 aliphatic carbocycles. The van der Waals surface area contributed by atoms with E-state index < -0.39 is 12.1 Å². The number of aliphatic hydroxyl groups excluding tert-OH is 2. The van der Waals surface area contributed by atoms with E-state index in [1.165, 1.54) is 11.0 Å². The number of aromatic nitrogens is 1. The molecule has 0 spiro atoms. The number of carboxylic acid groups (broad SMARTS) is 1. The van der Waals surface area contributed by atoms with Crippen molar-refractivity contribution < 1.29 is 38.8 Å². The number of aryl methyl sites for hydroxylation is 1. The van der Waals surface area contributed by atoms with Gasteiger partial charge in [-0.25, -0.2) is 4.98 Å². The van der Waals surface area contributed by atoms with Gasteiger partial charge < -0.3 is 34.1 Å². The van der Waals surface area contributed by atoms with Crippen LogP contribution in [0.2, 0.25) is 5.02 Å². The molecule has 11 heteroatoms. The number of halogens is 1. The third-order valence-electron chi connectivity index (χ3n) is 4.71. The average molecular weight is 515 g/mol. The Morgan fingerprint density at radius 2 is 1.91 bits per heavy atom. The van der Waals surface area contributed by atoms with Gasteiger partial charge >= 0.3 is 5.97 Å². The number of hydrogen-bond acceptors (Lipinski definition) is 8. The molecule has 35 heavy (non-hydrogen) atoms. The van der Waals surface area contributed by atoms with Crippen LogP contribution in [0.4, 0.5) is 5.69 Å². The number of nitrogens with zero attached hydrogens (tertiary/aromatic N) is 2. The maximum Gasteiger partial charge on any atom is 0.305 e. The van der Waals surface area contributed by atoms with Crippen molar-refractivity contribution in [1.82, 2.24) is 4.98 Å². The number of benzene rings is 1. The van der Waals surface area contributed by atoms with E-state index in [-0.39, 0.29) is 49.1 Å². The molecule has 1 unspecified atom stereocenters. The van der Waals surface area contributed by atoms with Crippen LogP contribution < -0.4 is 14.4 Å². The highest BCUT2D eigenvalue weighted by molar-refractivity contribution is 6.32. The van der Waals surface area contributed by atoms with Gasteiger partial charge in [0.25, 0.3) is 5.91 Å². The number of aliphatic carboxylic acids is 1. The number of oxazole rings is 1. The number of amides is 1. The van der Waals surface area contributed by atoms with Crippen molar-refractivity contribution in [2.45, 2.75) is 54.1 Å². The highest BCUT2D eigenvalue weighted by atomic mass is 35.5. The lowest BCUT2D eigenvalue weighted by Crippen LogP contribution is -2.40. The van der Waals surface area contributed by atoms with E-state index in [0.29, 0.717) is 28.8 Å². The van der Waals surface area contributed by atoms with Gasteiger partial charge in [-0.1, -0.05) is 39.3 Å². The van der Waals surface area contributed by atoms with Crippen molar-refractivity contribution >= 4 is 29.2 Å². The lowest BCUT2D eigenvalue weighted by Gasteiger charge is -2.29. The Morgan fingerprint density at radius 3 is 2.40 bits per heavy atom. The zero-order valence-corrected chi connectivity index (χ0v) is 21.8. The number of carbonyl (C=O) groups excluding carboxylic acids is 1. The first kappa shape index (κ1) is 30.2. The molecule has 196 valence electrons. The topological polar surface area (TPSA) is 143 Å². The summed E-state index contributed by atoms with van der Waals surface area (Å²) in [5, 5.41) is 26.0. The Morgan fingerprint density at radius 1 is 1.29 bits per heavy atom. The first-order valence-corrected chi connectivity index (χ1v) is 11.6. The summed E-state index contributed by atoms with van der Waals surface area (Å²) in [4.78, 5) is 28.2. The summed E-state index contributed by atoms with van der Waals surface area (Å²) in [7, 11) is 0. The molecular formula is C24H35ClN2O8. The molecule has 0 saturated carbocycles. The zero-order chi connectivity index (χ0) is 26.8. The number of hydrogen-bond donors (Lipinski definition) is 3. The number of ether oxygens (including phenoxy) is 2. The third kappa shape index (κ3) is 9.04. The lowest BCUT2D eigenvalue weighted by molar-refractivity contribution is -0.136. The van der Waals surface area contributed by atoms with Gasteiger partial charge in [-0.05, 0) is 13.0 Å². The van der Waals surface area contributed by atoms with Crippen molar-refractivity contribution in [1.29, 1.82) is 0 Å². The molecule has 0 bridgehead atoms. The highest BCUT2D eigenvalue weighted by Gasteiger charge is 2.28. The molecule has 3 N–H and O–H groups in total. The molecule has 1 aromatic carbocycles. The number of carbonyl (C=O) groups is 2. The first-order valence-electron chi connectivity index (χ1n) is 11.3. The monoisotopic (exact) mass is 514 g/mol. The van der Waals surface area contributed by atoms with E-state index >= 15 is 0 Å². The molecule has 1 atom stereocenters. The summed E-state index contributed by atoms with van der Waals surface area (Å²) in [6.07, 6.45) is 0.970. The molecule has 1 amide bonds. The molecule has 0 radical (unpaired) electrons. The van der Waals surface area contributed by atoms with Crippen LogP contribution in [0, 0.1) is 12.3 Å². The Kier molecular flexibility index (Phi) is 12.0. The molecule has 1 aliphatic heterocycles. The second-order valence-corrected chi connectivity index (χ2v) is 8.66. The third-order valence-corrected chi connectivity index (χ3v) is 5.00. The second kappa shape index (κ2) is 13.9. The van der Waals surface area contributed by atoms with Crippen LogP contribution in [0.5, 0.6) is 11.5 Å². The van der Waals surface area contributed by atoms with Gasteiger partial charge in [0.15, 0.2) is 24.4 Å². The molecule has 1 aliphatic rings. The predicted octanol–water partition coefficient (Wildman–Crippen LogP) is 4.00. The minimum atomic E-state index is -0.993. The van der Waals surface area contributed by atoms with Gasteiger partial charge in [-0.15, -0.1) is 0 Å². The fourth-order valence-corrected chi connectivity index (χ4v) is 2.81. The van der Waals surface area contributed by atoms with E-state index in [1.54, 1.807) is 40.0 Å². The zero-order valence-electron chi connectivity index (χ0n) is 21.0. The van der Waals surface area contributed by atoms with Crippen LogP contribution in [0.15, 0.2) is 22.7 Å². The number of fused-ring (bicyclic) bond motifs is 1. The molecule has 3 rings (SSSR count). The molecule has 2 heterocycles.